The van der Waals surface area contributed by atoms with Crippen molar-refractivity contribution in [2.45, 2.75) is 33.7 Å². The molecule has 1 amide bonds. The van der Waals surface area contributed by atoms with E-state index in [-0.39, 0.29) is 11.9 Å². The first-order chi connectivity index (χ1) is 8.84. The predicted molar refractivity (Wildman–Crippen MR) is 75.5 cm³/mol. The standard InChI is InChI=1S/C15H23NO3/c1-11(16-14(17)15(2,3)4)10-19-13-9-7-6-8-12(13)18-5/h6-9,11H,10H2,1-5H3,(H,16,17)/t11-/m0/s1. The normalized spacial score (nSPS) is 12.7. The van der Waals surface area contributed by atoms with Crippen LogP contribution in [-0.2, 0) is 4.79 Å². The number of hydrogen-bond donors (Lipinski definition) is 1. The van der Waals surface area contributed by atoms with E-state index in [1.807, 2.05) is 52.0 Å². The fraction of sp³-hybridized carbons (Fsp3) is 0.533. The summed E-state index contributed by atoms with van der Waals surface area (Å²) in [5, 5.41) is 2.92. The van der Waals surface area contributed by atoms with Crippen molar-refractivity contribution in [3.63, 3.8) is 0 Å². The van der Waals surface area contributed by atoms with Crippen LogP contribution in [0.25, 0.3) is 0 Å². The third kappa shape index (κ3) is 4.81. The molecule has 19 heavy (non-hydrogen) atoms. The van der Waals surface area contributed by atoms with Crippen LogP contribution in [0.2, 0.25) is 0 Å². The lowest BCUT2D eigenvalue weighted by molar-refractivity contribution is -0.129. The largest absolute Gasteiger partial charge is 0.493 e. The van der Waals surface area contributed by atoms with Gasteiger partial charge in [0.15, 0.2) is 11.5 Å². The van der Waals surface area contributed by atoms with Gasteiger partial charge in [-0.15, -0.1) is 0 Å². The van der Waals surface area contributed by atoms with E-state index in [1.54, 1.807) is 7.11 Å². The number of methoxy groups -OCH3 is 1. The van der Waals surface area contributed by atoms with Crippen LogP contribution in [0.3, 0.4) is 0 Å². The van der Waals surface area contributed by atoms with Crippen molar-refractivity contribution in [1.82, 2.24) is 5.32 Å². The SMILES string of the molecule is COc1ccccc1OC[C@H](C)NC(=O)C(C)(C)C. The zero-order valence-corrected chi connectivity index (χ0v) is 12.3. The van der Waals surface area contributed by atoms with E-state index < -0.39 is 5.41 Å². The first kappa shape index (κ1) is 15.3. The molecule has 0 bridgehead atoms. The van der Waals surface area contributed by atoms with Crippen LogP contribution in [-0.4, -0.2) is 25.7 Å². The second-order valence-electron chi connectivity index (χ2n) is 5.59. The zero-order valence-electron chi connectivity index (χ0n) is 12.3. The van der Waals surface area contributed by atoms with Crippen LogP contribution in [0.1, 0.15) is 27.7 Å². The maximum atomic E-state index is 11.8. The molecule has 1 rings (SSSR count). The maximum Gasteiger partial charge on any atom is 0.225 e. The molecular weight excluding hydrogens is 242 g/mol. The van der Waals surface area contributed by atoms with Gasteiger partial charge in [0.05, 0.1) is 13.2 Å². The van der Waals surface area contributed by atoms with Crippen molar-refractivity contribution in [3.05, 3.63) is 24.3 Å². The van der Waals surface area contributed by atoms with E-state index in [0.717, 1.165) is 0 Å². The van der Waals surface area contributed by atoms with Crippen LogP contribution in [0.5, 0.6) is 11.5 Å². The average molecular weight is 265 g/mol. The second-order valence-corrected chi connectivity index (χ2v) is 5.59. The summed E-state index contributed by atoms with van der Waals surface area (Å²) in [7, 11) is 1.60. The third-order valence-electron chi connectivity index (χ3n) is 2.62. The van der Waals surface area contributed by atoms with Gasteiger partial charge in [-0.2, -0.15) is 0 Å². The summed E-state index contributed by atoms with van der Waals surface area (Å²) in [5.41, 5.74) is -0.390. The summed E-state index contributed by atoms with van der Waals surface area (Å²) in [6, 6.07) is 7.40. The number of ether oxygens (including phenoxy) is 2. The number of amides is 1. The van der Waals surface area contributed by atoms with Crippen LogP contribution in [0, 0.1) is 5.41 Å². The Kier molecular flexibility index (Phi) is 5.21. The smallest absolute Gasteiger partial charge is 0.225 e. The Bertz CT molecular complexity index is 424. The van der Waals surface area contributed by atoms with Gasteiger partial charge >= 0.3 is 0 Å². The molecule has 106 valence electrons. The molecule has 1 atom stereocenters. The Balaban J connectivity index is 2.50. The van der Waals surface area contributed by atoms with Gasteiger partial charge in [0.1, 0.15) is 6.61 Å². The lowest BCUT2D eigenvalue weighted by Crippen LogP contribution is -2.42. The van der Waals surface area contributed by atoms with E-state index in [1.165, 1.54) is 0 Å². The van der Waals surface area contributed by atoms with Crippen molar-refractivity contribution >= 4 is 5.91 Å². The molecule has 0 fully saturated rings. The highest BCUT2D eigenvalue weighted by molar-refractivity contribution is 5.81. The average Bonchev–Trinajstić information content (AvgIpc) is 2.35. The molecule has 0 saturated heterocycles. The minimum Gasteiger partial charge on any atom is -0.493 e. The molecule has 1 aromatic carbocycles. The van der Waals surface area contributed by atoms with Gasteiger partial charge in [0.25, 0.3) is 0 Å². The van der Waals surface area contributed by atoms with Crippen molar-refractivity contribution in [2.75, 3.05) is 13.7 Å². The topological polar surface area (TPSA) is 47.6 Å². The first-order valence-corrected chi connectivity index (χ1v) is 6.41. The van der Waals surface area contributed by atoms with E-state index in [2.05, 4.69) is 5.32 Å². The van der Waals surface area contributed by atoms with E-state index in [9.17, 15) is 4.79 Å². The van der Waals surface area contributed by atoms with Gasteiger partial charge in [-0.05, 0) is 19.1 Å². The zero-order chi connectivity index (χ0) is 14.5. The summed E-state index contributed by atoms with van der Waals surface area (Å²) >= 11 is 0. The molecular formula is C15H23NO3. The molecule has 1 N–H and O–H groups in total. The van der Waals surface area contributed by atoms with Crippen molar-refractivity contribution in [1.29, 1.82) is 0 Å². The molecule has 4 heteroatoms. The van der Waals surface area contributed by atoms with E-state index in [0.29, 0.717) is 18.1 Å². The Labute approximate surface area is 115 Å². The van der Waals surface area contributed by atoms with Gasteiger partial charge in [-0.3, -0.25) is 4.79 Å². The summed E-state index contributed by atoms with van der Waals surface area (Å²) in [6.45, 7) is 7.98. The summed E-state index contributed by atoms with van der Waals surface area (Å²) in [5.74, 6) is 1.39. The number of benzene rings is 1. The fourth-order valence-electron chi connectivity index (χ4n) is 1.43. The Morgan fingerprint density at radius 2 is 1.84 bits per heavy atom. The lowest BCUT2D eigenvalue weighted by atomic mass is 9.95. The van der Waals surface area contributed by atoms with Crippen LogP contribution in [0.15, 0.2) is 24.3 Å². The quantitative estimate of drug-likeness (QED) is 0.890. The predicted octanol–water partition coefficient (Wildman–Crippen LogP) is 2.62. The van der Waals surface area contributed by atoms with E-state index in [4.69, 9.17) is 9.47 Å². The van der Waals surface area contributed by atoms with Crippen LogP contribution >= 0.6 is 0 Å². The Hall–Kier alpha value is -1.71. The number of hydrogen-bond acceptors (Lipinski definition) is 3. The fourth-order valence-corrected chi connectivity index (χ4v) is 1.43. The minimum absolute atomic E-state index is 0.0172. The summed E-state index contributed by atoms with van der Waals surface area (Å²) < 4.78 is 10.9. The lowest BCUT2D eigenvalue weighted by Gasteiger charge is -2.22. The summed E-state index contributed by atoms with van der Waals surface area (Å²) in [6.07, 6.45) is 0. The van der Waals surface area contributed by atoms with Crippen LogP contribution in [0.4, 0.5) is 0 Å². The number of carbonyl (C=O) groups is 1. The highest BCUT2D eigenvalue weighted by Crippen LogP contribution is 2.25. The highest BCUT2D eigenvalue weighted by atomic mass is 16.5. The molecule has 0 saturated carbocycles. The molecule has 0 heterocycles. The first-order valence-electron chi connectivity index (χ1n) is 6.41. The van der Waals surface area contributed by atoms with Gasteiger partial charge in [0.2, 0.25) is 5.91 Å². The molecule has 0 radical (unpaired) electrons. The van der Waals surface area contributed by atoms with Gasteiger partial charge in [-0.25, -0.2) is 0 Å². The van der Waals surface area contributed by atoms with Crippen molar-refractivity contribution in [2.24, 2.45) is 5.41 Å². The van der Waals surface area contributed by atoms with Crippen molar-refractivity contribution < 1.29 is 14.3 Å². The molecule has 0 aliphatic carbocycles. The molecule has 0 aliphatic rings. The Morgan fingerprint density at radius 3 is 2.37 bits per heavy atom. The number of rotatable bonds is 5. The number of nitrogens with one attached hydrogen (secondary N) is 1. The number of para-hydroxylation sites is 2. The molecule has 1 aromatic rings. The van der Waals surface area contributed by atoms with E-state index >= 15 is 0 Å². The highest BCUT2D eigenvalue weighted by Gasteiger charge is 2.22. The third-order valence-corrected chi connectivity index (χ3v) is 2.62. The Morgan fingerprint density at radius 1 is 1.26 bits per heavy atom. The molecule has 0 unspecified atom stereocenters. The summed E-state index contributed by atoms with van der Waals surface area (Å²) in [4.78, 5) is 11.8. The molecule has 4 nitrogen and oxygen atoms in total. The van der Waals surface area contributed by atoms with Crippen molar-refractivity contribution in [3.8, 4) is 11.5 Å². The minimum atomic E-state index is -0.390. The van der Waals surface area contributed by atoms with Gasteiger partial charge in [0, 0.05) is 5.41 Å². The monoisotopic (exact) mass is 265 g/mol. The van der Waals surface area contributed by atoms with Gasteiger partial charge in [-0.1, -0.05) is 32.9 Å². The van der Waals surface area contributed by atoms with Crippen LogP contribution < -0.4 is 14.8 Å². The number of carbonyl (C=O) groups excluding carboxylic acids is 1. The molecule has 0 spiro atoms. The van der Waals surface area contributed by atoms with Gasteiger partial charge < -0.3 is 14.8 Å². The maximum absolute atomic E-state index is 11.8. The second kappa shape index (κ2) is 6.45. The molecule has 0 aromatic heterocycles. The molecule has 0 aliphatic heterocycles.